The van der Waals surface area contributed by atoms with Crippen LogP contribution in [-0.4, -0.2) is 12.1 Å². The molecule has 1 fully saturated rings. The first-order valence-corrected chi connectivity index (χ1v) is 7.29. The van der Waals surface area contributed by atoms with E-state index in [2.05, 4.69) is 46.4 Å². The molecule has 0 spiro atoms. The molecule has 0 amide bonds. The van der Waals surface area contributed by atoms with Crippen molar-refractivity contribution in [2.24, 2.45) is 5.73 Å². The number of halogens is 1. The van der Waals surface area contributed by atoms with E-state index in [1.54, 1.807) is 0 Å². The van der Waals surface area contributed by atoms with E-state index >= 15 is 0 Å². The largest absolute Gasteiger partial charge is 0.382 e. The van der Waals surface area contributed by atoms with Crippen molar-refractivity contribution in [3.8, 4) is 0 Å². The van der Waals surface area contributed by atoms with Crippen LogP contribution in [0.3, 0.4) is 0 Å². The molecule has 1 aliphatic carbocycles. The molecule has 0 aliphatic heterocycles. The van der Waals surface area contributed by atoms with Gasteiger partial charge in [0.25, 0.3) is 0 Å². The van der Waals surface area contributed by atoms with Crippen LogP contribution in [0.2, 0.25) is 0 Å². The van der Waals surface area contributed by atoms with Gasteiger partial charge < -0.3 is 11.1 Å². The molecule has 1 aliphatic rings. The van der Waals surface area contributed by atoms with Gasteiger partial charge in [-0.15, -0.1) is 0 Å². The van der Waals surface area contributed by atoms with Gasteiger partial charge in [-0.3, -0.25) is 0 Å². The van der Waals surface area contributed by atoms with Crippen LogP contribution in [0.15, 0.2) is 22.7 Å². The smallest absolute Gasteiger partial charge is 0.0375 e. The van der Waals surface area contributed by atoms with Gasteiger partial charge in [0.05, 0.1) is 0 Å². The summed E-state index contributed by atoms with van der Waals surface area (Å²) < 4.78 is 1.15. The van der Waals surface area contributed by atoms with Crippen molar-refractivity contribution in [2.75, 3.05) is 5.32 Å². The van der Waals surface area contributed by atoms with Gasteiger partial charge in [-0.2, -0.15) is 0 Å². The van der Waals surface area contributed by atoms with Crippen molar-refractivity contribution in [3.63, 3.8) is 0 Å². The topological polar surface area (TPSA) is 38.0 Å². The van der Waals surface area contributed by atoms with Crippen LogP contribution >= 0.6 is 15.9 Å². The number of rotatable bonds is 3. The Morgan fingerprint density at radius 1 is 1.41 bits per heavy atom. The Morgan fingerprint density at radius 2 is 2.24 bits per heavy atom. The van der Waals surface area contributed by atoms with Crippen molar-refractivity contribution in [1.82, 2.24) is 0 Å². The minimum atomic E-state index is 0.377. The summed E-state index contributed by atoms with van der Waals surface area (Å²) in [5.74, 6) is 0. The van der Waals surface area contributed by atoms with Crippen LogP contribution in [0, 0.1) is 0 Å². The molecule has 1 saturated carbocycles. The fraction of sp³-hybridized carbons (Fsp3) is 0.571. The summed E-state index contributed by atoms with van der Waals surface area (Å²) in [6.07, 6.45) is 5.82. The van der Waals surface area contributed by atoms with Gasteiger partial charge in [0.1, 0.15) is 0 Å². The van der Waals surface area contributed by atoms with Crippen LogP contribution in [0.1, 0.15) is 38.2 Å². The lowest BCUT2D eigenvalue weighted by Gasteiger charge is -2.29. The standard InChI is InChI=1S/C14H21BrN2/c1-2-10-8-11(15)6-7-14(10)17-13-5-3-4-12(16)9-13/h6-8,12-13,17H,2-5,9,16H2,1H3. The van der Waals surface area contributed by atoms with Crippen LogP contribution in [0.4, 0.5) is 5.69 Å². The Bertz CT molecular complexity index is 378. The summed E-state index contributed by atoms with van der Waals surface area (Å²) in [4.78, 5) is 0. The zero-order valence-corrected chi connectivity index (χ0v) is 12.0. The first-order valence-electron chi connectivity index (χ1n) is 6.49. The third kappa shape index (κ3) is 3.46. The molecule has 0 heterocycles. The quantitative estimate of drug-likeness (QED) is 0.893. The summed E-state index contributed by atoms with van der Waals surface area (Å²) in [7, 11) is 0. The van der Waals surface area contributed by atoms with Crippen molar-refractivity contribution in [2.45, 2.75) is 51.1 Å². The molecule has 3 heteroatoms. The van der Waals surface area contributed by atoms with Crippen LogP contribution in [0.5, 0.6) is 0 Å². The molecular weight excluding hydrogens is 276 g/mol. The average molecular weight is 297 g/mol. The van der Waals surface area contributed by atoms with E-state index in [4.69, 9.17) is 5.73 Å². The molecular formula is C14H21BrN2. The first-order chi connectivity index (χ1) is 8.19. The molecule has 1 aromatic carbocycles. The van der Waals surface area contributed by atoms with Crippen molar-refractivity contribution < 1.29 is 0 Å². The number of benzene rings is 1. The van der Waals surface area contributed by atoms with Crippen LogP contribution in [-0.2, 0) is 6.42 Å². The highest BCUT2D eigenvalue weighted by molar-refractivity contribution is 9.10. The molecule has 94 valence electrons. The summed E-state index contributed by atoms with van der Waals surface area (Å²) in [6.45, 7) is 2.19. The Kier molecular flexibility index (Phi) is 4.46. The van der Waals surface area contributed by atoms with Gasteiger partial charge in [-0.25, -0.2) is 0 Å². The molecule has 2 unspecified atom stereocenters. The number of nitrogens with one attached hydrogen (secondary N) is 1. The number of nitrogens with two attached hydrogens (primary N) is 1. The van der Waals surface area contributed by atoms with E-state index in [0.717, 1.165) is 17.3 Å². The molecule has 1 aromatic rings. The third-order valence-corrected chi connectivity index (χ3v) is 4.02. The molecule has 0 bridgehead atoms. The highest BCUT2D eigenvalue weighted by Gasteiger charge is 2.19. The maximum Gasteiger partial charge on any atom is 0.0375 e. The monoisotopic (exact) mass is 296 g/mol. The number of aryl methyl sites for hydroxylation is 1. The molecule has 0 saturated heterocycles. The van der Waals surface area contributed by atoms with E-state index in [1.165, 1.54) is 30.5 Å². The number of hydrogen-bond donors (Lipinski definition) is 2. The zero-order valence-electron chi connectivity index (χ0n) is 10.4. The van der Waals surface area contributed by atoms with E-state index in [0.29, 0.717) is 12.1 Å². The molecule has 17 heavy (non-hydrogen) atoms. The number of anilines is 1. The van der Waals surface area contributed by atoms with Gasteiger partial charge in [0.15, 0.2) is 0 Å². The average Bonchev–Trinajstić information content (AvgIpc) is 2.31. The van der Waals surface area contributed by atoms with Gasteiger partial charge in [0, 0.05) is 22.2 Å². The first kappa shape index (κ1) is 12.9. The predicted molar refractivity (Wildman–Crippen MR) is 77.4 cm³/mol. The van der Waals surface area contributed by atoms with Crippen molar-refractivity contribution >= 4 is 21.6 Å². The second-order valence-electron chi connectivity index (χ2n) is 4.92. The lowest BCUT2D eigenvalue weighted by atomic mass is 9.91. The minimum Gasteiger partial charge on any atom is -0.382 e. The fourth-order valence-electron chi connectivity index (χ4n) is 2.57. The fourth-order valence-corrected chi connectivity index (χ4v) is 2.98. The zero-order chi connectivity index (χ0) is 12.3. The van der Waals surface area contributed by atoms with Gasteiger partial charge in [0.2, 0.25) is 0 Å². The Labute approximate surface area is 112 Å². The number of hydrogen-bond acceptors (Lipinski definition) is 2. The van der Waals surface area contributed by atoms with Crippen LogP contribution in [0.25, 0.3) is 0 Å². The highest BCUT2D eigenvalue weighted by Crippen LogP contribution is 2.26. The predicted octanol–water partition coefficient (Wildman–Crippen LogP) is 3.69. The summed E-state index contributed by atoms with van der Waals surface area (Å²) >= 11 is 3.52. The third-order valence-electron chi connectivity index (χ3n) is 3.52. The van der Waals surface area contributed by atoms with E-state index in [1.807, 2.05) is 0 Å². The normalized spacial score (nSPS) is 24.6. The SMILES string of the molecule is CCc1cc(Br)ccc1NC1CCCC(N)C1. The maximum absolute atomic E-state index is 6.03. The Hall–Kier alpha value is -0.540. The van der Waals surface area contributed by atoms with E-state index in [-0.39, 0.29) is 0 Å². The summed E-state index contributed by atoms with van der Waals surface area (Å²) in [5.41, 5.74) is 8.67. The molecule has 0 radical (unpaired) electrons. The van der Waals surface area contributed by atoms with Gasteiger partial charge in [-0.05, 0) is 55.9 Å². The van der Waals surface area contributed by atoms with E-state index < -0.39 is 0 Å². The molecule has 2 nitrogen and oxygen atoms in total. The molecule has 2 atom stereocenters. The highest BCUT2D eigenvalue weighted by atomic mass is 79.9. The van der Waals surface area contributed by atoms with E-state index in [9.17, 15) is 0 Å². The molecule has 3 N–H and O–H groups in total. The minimum absolute atomic E-state index is 0.377. The Morgan fingerprint density at radius 3 is 2.94 bits per heavy atom. The van der Waals surface area contributed by atoms with Crippen LogP contribution < -0.4 is 11.1 Å². The second kappa shape index (κ2) is 5.87. The second-order valence-corrected chi connectivity index (χ2v) is 5.84. The Balaban J connectivity index is 2.07. The molecule has 0 aromatic heterocycles. The maximum atomic E-state index is 6.03. The summed E-state index contributed by atoms with van der Waals surface area (Å²) in [6, 6.07) is 7.39. The molecule has 2 rings (SSSR count). The van der Waals surface area contributed by atoms with Gasteiger partial charge >= 0.3 is 0 Å². The van der Waals surface area contributed by atoms with Gasteiger partial charge in [-0.1, -0.05) is 22.9 Å². The van der Waals surface area contributed by atoms with Crippen molar-refractivity contribution in [3.05, 3.63) is 28.2 Å². The lowest BCUT2D eigenvalue weighted by molar-refractivity contribution is 0.409. The lowest BCUT2D eigenvalue weighted by Crippen LogP contribution is -2.35. The van der Waals surface area contributed by atoms with Crippen molar-refractivity contribution in [1.29, 1.82) is 0 Å². The summed E-state index contributed by atoms with van der Waals surface area (Å²) in [5, 5.41) is 3.66.